The number of benzene rings is 8. The van der Waals surface area contributed by atoms with Gasteiger partial charge in [-0.25, -0.2) is 0 Å². The van der Waals surface area contributed by atoms with Crippen molar-refractivity contribution in [1.29, 1.82) is 0 Å². The average Bonchev–Trinajstić information content (AvgIpc) is 3.21. The molecule has 2 heteroatoms. The molecule has 0 N–H and O–H groups in total. The van der Waals surface area contributed by atoms with Crippen molar-refractivity contribution in [2.75, 3.05) is 9.80 Å². The van der Waals surface area contributed by atoms with Crippen molar-refractivity contribution in [3.05, 3.63) is 193 Å². The van der Waals surface area contributed by atoms with Crippen molar-refractivity contribution in [2.24, 2.45) is 0 Å². The highest BCUT2D eigenvalue weighted by Crippen LogP contribution is 2.42. The summed E-state index contributed by atoms with van der Waals surface area (Å²) in [7, 11) is 0. The Morgan fingerprint density at radius 3 is 1.57 bits per heavy atom. The van der Waals surface area contributed by atoms with Gasteiger partial charge in [0.25, 0.3) is 0 Å². The molecule has 2 nitrogen and oxygen atoms in total. The number of nitrogens with zero attached hydrogens (tertiary/aromatic N) is 2. The molecule has 0 amide bonds. The first-order valence-electron chi connectivity index (χ1n) is 19.0. The van der Waals surface area contributed by atoms with Gasteiger partial charge in [-0.1, -0.05) is 129 Å². The third-order valence-electron chi connectivity index (χ3n) is 9.89. The summed E-state index contributed by atoms with van der Waals surface area (Å²) in [4.78, 5) is 4.75. The minimum atomic E-state index is 0.411. The lowest BCUT2D eigenvalue weighted by Gasteiger charge is -2.29. The molecule has 0 fully saturated rings. The smallest absolute Gasteiger partial charge is 0.0540 e. The monoisotopic (exact) mass is 688 g/mol. The highest BCUT2D eigenvalue weighted by atomic mass is 15.2. The Morgan fingerprint density at radius 1 is 0.453 bits per heavy atom. The topological polar surface area (TPSA) is 6.48 Å². The van der Waals surface area contributed by atoms with Crippen molar-refractivity contribution in [3.8, 4) is 0 Å². The third-order valence-corrected chi connectivity index (χ3v) is 9.89. The first-order chi connectivity index (χ1) is 26.1. The third kappa shape index (κ3) is 7.45. The van der Waals surface area contributed by atoms with E-state index in [4.69, 9.17) is 0 Å². The van der Waals surface area contributed by atoms with Crippen molar-refractivity contribution >= 4 is 66.4 Å². The maximum absolute atomic E-state index is 2.38. The molecule has 0 bridgehead atoms. The van der Waals surface area contributed by atoms with Gasteiger partial charge in [-0.2, -0.15) is 0 Å². The minimum Gasteiger partial charge on any atom is -0.310 e. The standard InChI is InChI=1S/C49H42N2.C2H6/c1-4-36(31-35(2)3)38-21-24-44(25-22-38)50(47-26-23-37-13-8-9-15-40(37)33-47)45-27-29-46(30-28-45)51(43-18-6-5-7-19-43)49-20-12-17-42-32-39-14-10-11-16-41(39)34-48(42)49;1-2/h5-34,36H,4H2,1-3H3;1-2H3. The summed E-state index contributed by atoms with van der Waals surface area (Å²) < 4.78 is 0. The number of rotatable bonds is 9. The molecule has 0 spiro atoms. The average molecular weight is 689 g/mol. The van der Waals surface area contributed by atoms with E-state index in [1.165, 1.54) is 43.5 Å². The number of para-hydroxylation sites is 1. The van der Waals surface area contributed by atoms with Crippen LogP contribution >= 0.6 is 0 Å². The van der Waals surface area contributed by atoms with E-state index in [0.29, 0.717) is 5.92 Å². The van der Waals surface area contributed by atoms with Gasteiger partial charge in [-0.05, 0) is 132 Å². The van der Waals surface area contributed by atoms with Crippen LogP contribution in [-0.4, -0.2) is 0 Å². The maximum atomic E-state index is 2.38. The molecule has 53 heavy (non-hydrogen) atoms. The molecule has 1 unspecified atom stereocenters. The van der Waals surface area contributed by atoms with Crippen LogP contribution < -0.4 is 9.80 Å². The van der Waals surface area contributed by atoms with Crippen LogP contribution in [0.5, 0.6) is 0 Å². The van der Waals surface area contributed by atoms with E-state index in [-0.39, 0.29) is 0 Å². The van der Waals surface area contributed by atoms with Gasteiger partial charge >= 0.3 is 0 Å². The second kappa shape index (κ2) is 16.0. The molecule has 0 radical (unpaired) electrons. The Labute approximate surface area is 315 Å². The van der Waals surface area contributed by atoms with Crippen LogP contribution in [0, 0.1) is 0 Å². The van der Waals surface area contributed by atoms with E-state index in [1.54, 1.807) is 0 Å². The van der Waals surface area contributed by atoms with E-state index >= 15 is 0 Å². The van der Waals surface area contributed by atoms with Crippen LogP contribution in [-0.2, 0) is 0 Å². The quantitative estimate of drug-likeness (QED) is 0.110. The predicted octanol–water partition coefficient (Wildman–Crippen LogP) is 15.6. The fourth-order valence-electron chi connectivity index (χ4n) is 7.39. The lowest BCUT2D eigenvalue weighted by atomic mass is 9.94. The summed E-state index contributed by atoms with van der Waals surface area (Å²) in [5.41, 5.74) is 9.45. The van der Waals surface area contributed by atoms with Gasteiger partial charge in [0.05, 0.1) is 5.69 Å². The zero-order valence-corrected chi connectivity index (χ0v) is 31.5. The molecular weight excluding hydrogens is 641 g/mol. The van der Waals surface area contributed by atoms with E-state index in [9.17, 15) is 0 Å². The molecule has 0 aliphatic rings. The van der Waals surface area contributed by atoms with Crippen LogP contribution in [0.15, 0.2) is 188 Å². The number of anilines is 6. The summed E-state index contributed by atoms with van der Waals surface area (Å²) in [6.45, 7) is 10.6. The molecule has 0 saturated carbocycles. The highest BCUT2D eigenvalue weighted by molar-refractivity contribution is 6.06. The Morgan fingerprint density at radius 2 is 0.943 bits per heavy atom. The zero-order chi connectivity index (χ0) is 36.7. The van der Waals surface area contributed by atoms with Crippen molar-refractivity contribution in [2.45, 2.75) is 47.0 Å². The first-order valence-corrected chi connectivity index (χ1v) is 19.0. The molecule has 262 valence electrons. The van der Waals surface area contributed by atoms with Gasteiger partial charge in [0.15, 0.2) is 0 Å². The fourth-order valence-corrected chi connectivity index (χ4v) is 7.39. The van der Waals surface area contributed by atoms with Gasteiger partial charge in [0.1, 0.15) is 0 Å². The van der Waals surface area contributed by atoms with E-state index < -0.39 is 0 Å². The van der Waals surface area contributed by atoms with Gasteiger partial charge in [0, 0.05) is 39.7 Å². The number of allylic oxidation sites excluding steroid dienone is 2. The summed E-state index contributed by atoms with van der Waals surface area (Å²) in [5.74, 6) is 0.411. The Balaban J connectivity index is 0.00000214. The van der Waals surface area contributed by atoms with Crippen molar-refractivity contribution in [3.63, 3.8) is 0 Å². The van der Waals surface area contributed by atoms with E-state index in [2.05, 4.69) is 213 Å². The molecule has 0 aliphatic heterocycles. The fraction of sp³-hybridized carbons (Fsp3) is 0.137. The number of fused-ring (bicyclic) bond motifs is 3. The summed E-state index contributed by atoms with van der Waals surface area (Å²) >= 11 is 0. The second-order valence-corrected chi connectivity index (χ2v) is 13.6. The second-order valence-electron chi connectivity index (χ2n) is 13.6. The van der Waals surface area contributed by atoms with Gasteiger partial charge < -0.3 is 9.80 Å². The molecule has 0 aromatic heterocycles. The van der Waals surface area contributed by atoms with Gasteiger partial charge in [0.2, 0.25) is 0 Å². The van der Waals surface area contributed by atoms with Crippen LogP contribution in [0.3, 0.4) is 0 Å². The lowest BCUT2D eigenvalue weighted by Crippen LogP contribution is -2.12. The molecule has 0 saturated heterocycles. The largest absolute Gasteiger partial charge is 0.310 e. The highest BCUT2D eigenvalue weighted by Gasteiger charge is 2.18. The summed E-state index contributed by atoms with van der Waals surface area (Å²) in [5, 5.41) is 7.40. The first kappa shape index (κ1) is 35.3. The van der Waals surface area contributed by atoms with E-state index in [0.717, 1.165) is 40.5 Å². The molecule has 0 heterocycles. The van der Waals surface area contributed by atoms with Crippen LogP contribution in [0.2, 0.25) is 0 Å². The molecule has 0 aliphatic carbocycles. The van der Waals surface area contributed by atoms with Crippen molar-refractivity contribution in [1.82, 2.24) is 0 Å². The maximum Gasteiger partial charge on any atom is 0.0540 e. The SMILES string of the molecule is CC.CCC(C=C(C)C)c1ccc(N(c2ccc(N(c3ccccc3)c3cccc4cc5ccccc5cc34)cc2)c2ccc3ccccc3c2)cc1. The Hall–Kier alpha value is -6.12. The normalized spacial score (nSPS) is 11.5. The van der Waals surface area contributed by atoms with Crippen LogP contribution in [0.4, 0.5) is 34.1 Å². The molecule has 8 aromatic rings. The molecule has 8 aromatic carbocycles. The number of hydrogen-bond acceptors (Lipinski definition) is 2. The van der Waals surface area contributed by atoms with Gasteiger partial charge in [-0.15, -0.1) is 0 Å². The predicted molar refractivity (Wildman–Crippen MR) is 232 cm³/mol. The number of hydrogen-bond donors (Lipinski definition) is 0. The van der Waals surface area contributed by atoms with E-state index in [1.807, 2.05) is 13.8 Å². The minimum absolute atomic E-state index is 0.411. The molecule has 1 atom stereocenters. The van der Waals surface area contributed by atoms with Crippen LogP contribution in [0.25, 0.3) is 32.3 Å². The van der Waals surface area contributed by atoms with Crippen molar-refractivity contribution < 1.29 is 0 Å². The summed E-state index contributed by atoms with van der Waals surface area (Å²) in [6.07, 6.45) is 3.46. The zero-order valence-electron chi connectivity index (χ0n) is 31.5. The van der Waals surface area contributed by atoms with Gasteiger partial charge in [-0.3, -0.25) is 0 Å². The lowest BCUT2D eigenvalue weighted by molar-refractivity contribution is 0.798. The summed E-state index contributed by atoms with van der Waals surface area (Å²) in [6, 6.07) is 64.1. The Bertz CT molecular complexity index is 2470. The molecule has 8 rings (SSSR count). The Kier molecular flexibility index (Phi) is 10.7. The molecular formula is C51H48N2. The van der Waals surface area contributed by atoms with Crippen LogP contribution in [0.1, 0.15) is 52.5 Å².